The van der Waals surface area contributed by atoms with Gasteiger partial charge >= 0.3 is 30.8 Å². The van der Waals surface area contributed by atoms with Crippen molar-refractivity contribution in [2.45, 2.75) is 11.0 Å². The second kappa shape index (κ2) is 18.9. The number of hydrogen-bond acceptors (Lipinski definition) is 12. The van der Waals surface area contributed by atoms with Gasteiger partial charge in [-0.2, -0.15) is 26.3 Å². The molecule has 0 radical (unpaired) electrons. The Kier molecular flexibility index (Phi) is 33.1. The minimum Gasteiger partial charge on any atom is -0.741 e. The molecule has 0 atom stereocenters. The van der Waals surface area contributed by atoms with Gasteiger partial charge in [-0.3, -0.25) is 0 Å². The van der Waals surface area contributed by atoms with Gasteiger partial charge in [0.05, 0.1) is 0 Å². The van der Waals surface area contributed by atoms with Gasteiger partial charge in [0.15, 0.2) is 20.2 Å². The Hall–Kier alpha value is -1.14. The molecule has 0 heterocycles. The van der Waals surface area contributed by atoms with E-state index in [1.54, 1.807) is 24.3 Å². The Labute approximate surface area is 175 Å². The van der Waals surface area contributed by atoms with Crippen LogP contribution in [-0.4, -0.2) is 42.1 Å². The molecule has 1 aromatic rings. The number of benzene rings is 1. The van der Waals surface area contributed by atoms with Crippen LogP contribution in [0.25, 0.3) is 0 Å². The van der Waals surface area contributed by atoms with Crippen molar-refractivity contribution in [3.8, 4) is 5.75 Å². The van der Waals surface area contributed by atoms with Crippen LogP contribution in [0.5, 0.6) is 5.75 Å². The van der Waals surface area contributed by atoms with Crippen molar-refractivity contribution in [3.05, 3.63) is 30.3 Å². The number of phenols is 1. The molecule has 21 heteroatoms. The molecule has 1 aromatic carbocycles. The Morgan fingerprint density at radius 1 is 0.655 bits per heavy atom. The molecule has 0 amide bonds. The van der Waals surface area contributed by atoms with Gasteiger partial charge in [0.1, 0.15) is 5.75 Å². The van der Waals surface area contributed by atoms with E-state index in [-0.39, 0.29) is 50.5 Å². The van der Waals surface area contributed by atoms with Crippen LogP contribution in [0.2, 0.25) is 0 Å². The van der Waals surface area contributed by atoms with Crippen LogP contribution < -0.4 is 30.8 Å². The quantitative estimate of drug-likeness (QED) is 0.132. The zero-order valence-corrected chi connectivity index (χ0v) is 18.4. The van der Waals surface area contributed by atoms with Gasteiger partial charge in [-0.25, -0.2) is 16.8 Å². The maximum absolute atomic E-state index is 10.7. The first-order chi connectivity index (χ1) is 9.89. The number of hydrogen-bond donors (Lipinski definition) is 6. The molecule has 29 heavy (non-hydrogen) atoms. The maximum Gasteiger partial charge on any atom is 2.00 e. The fourth-order valence-corrected chi connectivity index (χ4v) is 0.428. The van der Waals surface area contributed by atoms with Gasteiger partial charge in [0, 0.05) is 0 Å². The van der Waals surface area contributed by atoms with Crippen LogP contribution in [-0.2, 0) is 40.0 Å². The Morgan fingerprint density at radius 2 is 0.828 bits per heavy atom. The molecule has 0 aliphatic carbocycles. The monoisotopic (exact) mass is 669 g/mol. The molecule has 0 saturated carbocycles. The molecule has 0 spiro atoms. The molecule has 1 rings (SSSR count). The predicted octanol–water partition coefficient (Wildman–Crippen LogP) is 2.30. The summed E-state index contributed by atoms with van der Waals surface area (Å²) in [5.74, 6) is 0.322. The smallest absolute Gasteiger partial charge is 0.741 e. The van der Waals surface area contributed by atoms with Gasteiger partial charge in [0.2, 0.25) is 0 Å². The molecule has 16 N–H and O–H groups in total. The van der Waals surface area contributed by atoms with Crippen molar-refractivity contribution >= 4 is 20.2 Å². The van der Waals surface area contributed by atoms with Crippen LogP contribution >= 0.6 is 0 Å². The Balaban J connectivity index is -0.0000000345. The summed E-state index contributed by atoms with van der Waals surface area (Å²) in [6, 6.07) is 8.71. The standard InChI is InChI=1S/C6H6O.2CHF3O3S.5H3N.Os/c7-6-4-2-1-3-5-6;2*2-1(3,4)8(5,6)7;;;;;;/h1-5,7H;2*(H,5,6,7);5*1H3;/q;;;;;;;;+2/p-2. The normalized spacial score (nSPS) is 9.79. The summed E-state index contributed by atoms with van der Waals surface area (Å²) in [7, 11) is -12.2. The van der Waals surface area contributed by atoms with Gasteiger partial charge in [-0.15, -0.1) is 0 Å². The second-order valence-electron chi connectivity index (χ2n) is 3.14. The van der Waals surface area contributed by atoms with Crippen molar-refractivity contribution in [1.82, 2.24) is 30.8 Å². The van der Waals surface area contributed by atoms with Crippen molar-refractivity contribution in [1.29, 1.82) is 0 Å². The van der Waals surface area contributed by atoms with E-state index in [0.717, 1.165) is 0 Å². The summed E-state index contributed by atoms with van der Waals surface area (Å²) in [6.45, 7) is 0. The summed E-state index contributed by atoms with van der Waals surface area (Å²) in [6.07, 6.45) is 0. The van der Waals surface area contributed by atoms with Crippen molar-refractivity contribution in [3.63, 3.8) is 0 Å². The topological polar surface area (TPSA) is 310 Å². The molecule has 0 aliphatic heterocycles. The summed E-state index contributed by atoms with van der Waals surface area (Å²) in [4.78, 5) is 0. The number of halogens is 6. The van der Waals surface area contributed by atoms with Gasteiger partial charge in [0.25, 0.3) is 0 Å². The molecular weight excluding hydrogens is 646 g/mol. The average Bonchev–Trinajstić information content (AvgIpc) is 2.25. The van der Waals surface area contributed by atoms with Crippen LogP contribution in [0.4, 0.5) is 26.3 Å². The Morgan fingerprint density at radius 3 is 0.897 bits per heavy atom. The summed E-state index contributed by atoms with van der Waals surface area (Å²) in [5, 5.41) is 8.63. The molecular formula is C8H21F6N5O7OsS2. The van der Waals surface area contributed by atoms with Crippen LogP contribution in [0.3, 0.4) is 0 Å². The van der Waals surface area contributed by atoms with E-state index in [9.17, 15) is 26.3 Å². The number of aromatic hydroxyl groups is 1. The number of para-hydroxylation sites is 1. The van der Waals surface area contributed by atoms with E-state index >= 15 is 0 Å². The van der Waals surface area contributed by atoms with Crippen LogP contribution in [0.1, 0.15) is 0 Å². The summed E-state index contributed by atoms with van der Waals surface area (Å²) in [5.41, 5.74) is -11.3. The summed E-state index contributed by atoms with van der Waals surface area (Å²) < 4.78 is 118. The molecule has 0 bridgehead atoms. The number of phenolic OH excluding ortho intramolecular Hbond substituents is 1. The maximum atomic E-state index is 10.7. The van der Waals surface area contributed by atoms with Gasteiger partial charge < -0.3 is 45.0 Å². The molecule has 0 saturated heterocycles. The molecule has 182 valence electrons. The number of alkyl halides is 6. The largest absolute Gasteiger partial charge is 2.00 e. The minimum absolute atomic E-state index is 0. The second-order valence-corrected chi connectivity index (χ2v) is 5.88. The summed E-state index contributed by atoms with van der Waals surface area (Å²) >= 11 is 0. The van der Waals surface area contributed by atoms with E-state index < -0.39 is 31.3 Å². The SMILES string of the molecule is N.N.N.N.N.O=S(=O)([O-])C(F)(F)F.O=S(=O)([O-])C(F)(F)F.Oc1ccccc1.[Os+2]. The van der Waals surface area contributed by atoms with E-state index in [0.29, 0.717) is 5.75 Å². The first-order valence-electron chi connectivity index (χ1n) is 4.68. The van der Waals surface area contributed by atoms with Gasteiger partial charge in [-0.1, -0.05) is 18.2 Å². The molecule has 0 aliphatic rings. The minimum atomic E-state index is -6.09. The fourth-order valence-electron chi connectivity index (χ4n) is 0.428. The third-order valence-electron chi connectivity index (χ3n) is 1.32. The van der Waals surface area contributed by atoms with E-state index in [1.807, 2.05) is 6.07 Å². The van der Waals surface area contributed by atoms with Crippen molar-refractivity contribution in [2.24, 2.45) is 0 Å². The van der Waals surface area contributed by atoms with E-state index in [2.05, 4.69) is 0 Å². The molecule has 0 aromatic heterocycles. The zero-order chi connectivity index (χ0) is 19.1. The predicted molar refractivity (Wildman–Crippen MR) is 84.7 cm³/mol. The Bertz CT molecular complexity index is 646. The van der Waals surface area contributed by atoms with E-state index in [4.69, 9.17) is 31.0 Å². The molecule has 12 nitrogen and oxygen atoms in total. The first-order valence-corrected chi connectivity index (χ1v) is 7.49. The third-order valence-corrected chi connectivity index (χ3v) is 2.46. The van der Waals surface area contributed by atoms with Crippen molar-refractivity contribution < 1.29 is 77.2 Å². The van der Waals surface area contributed by atoms with E-state index in [1.165, 1.54) is 0 Å². The zero-order valence-electron chi connectivity index (χ0n) is 14.3. The first kappa shape index (κ1) is 51.0. The third kappa shape index (κ3) is 26.9. The molecule has 0 unspecified atom stereocenters. The van der Waals surface area contributed by atoms with Crippen molar-refractivity contribution in [2.75, 3.05) is 0 Å². The average molecular weight is 668 g/mol. The number of rotatable bonds is 0. The fraction of sp³-hybridized carbons (Fsp3) is 0.250. The van der Waals surface area contributed by atoms with Crippen LogP contribution in [0.15, 0.2) is 30.3 Å². The van der Waals surface area contributed by atoms with Crippen LogP contribution in [0, 0.1) is 0 Å². The molecule has 0 fully saturated rings. The van der Waals surface area contributed by atoms with Gasteiger partial charge in [-0.05, 0) is 12.1 Å².